The Morgan fingerprint density at radius 1 is 1.20 bits per heavy atom. The molecule has 1 fully saturated rings. The molecule has 2 rings (SSSR count). The predicted molar refractivity (Wildman–Crippen MR) is 103 cm³/mol. The summed E-state index contributed by atoms with van der Waals surface area (Å²) in [6.45, 7) is 5.25. The van der Waals surface area contributed by atoms with Crippen molar-refractivity contribution in [3.05, 3.63) is 22.7 Å². The first kappa shape index (κ1) is 19.7. The third-order valence-corrected chi connectivity index (χ3v) is 4.53. The number of anilines is 2. The second kappa shape index (κ2) is 10.4. The first-order chi connectivity index (χ1) is 12.1. The highest BCUT2D eigenvalue weighted by Crippen LogP contribution is 2.30. The molecule has 1 aromatic carbocycles. The van der Waals surface area contributed by atoms with Crippen LogP contribution in [0.4, 0.5) is 11.4 Å². The molecule has 0 aliphatic carbocycles. The number of halogens is 1. The minimum Gasteiger partial charge on any atom is -0.378 e. The fourth-order valence-corrected chi connectivity index (χ4v) is 3.11. The molecule has 0 spiro atoms. The Kier molecular flexibility index (Phi) is 8.21. The van der Waals surface area contributed by atoms with Crippen molar-refractivity contribution in [2.45, 2.75) is 32.6 Å². The van der Waals surface area contributed by atoms with E-state index in [-0.39, 0.29) is 11.8 Å². The van der Waals surface area contributed by atoms with Gasteiger partial charge >= 0.3 is 0 Å². The van der Waals surface area contributed by atoms with E-state index in [1.807, 2.05) is 18.2 Å². The van der Waals surface area contributed by atoms with E-state index in [0.29, 0.717) is 26.2 Å². The molecular weight excluding hydrogens is 386 g/mol. The van der Waals surface area contributed by atoms with Gasteiger partial charge in [-0.25, -0.2) is 0 Å². The Labute approximate surface area is 157 Å². The van der Waals surface area contributed by atoms with Crippen molar-refractivity contribution in [2.24, 2.45) is 0 Å². The van der Waals surface area contributed by atoms with E-state index in [1.165, 1.54) is 6.92 Å². The van der Waals surface area contributed by atoms with E-state index in [2.05, 4.69) is 31.5 Å². The number of nitrogens with one attached hydrogen (secondary N) is 2. The van der Waals surface area contributed by atoms with Crippen molar-refractivity contribution < 1.29 is 14.3 Å². The van der Waals surface area contributed by atoms with Crippen molar-refractivity contribution >= 4 is 39.1 Å². The van der Waals surface area contributed by atoms with Gasteiger partial charge in [0.25, 0.3) is 0 Å². The molecule has 0 bridgehead atoms. The van der Waals surface area contributed by atoms with Crippen LogP contribution in [0.5, 0.6) is 0 Å². The third kappa shape index (κ3) is 7.04. The molecular formula is C18H26BrN3O3. The fourth-order valence-electron chi connectivity index (χ4n) is 2.75. The van der Waals surface area contributed by atoms with Gasteiger partial charge in [0.1, 0.15) is 0 Å². The molecule has 7 heteroatoms. The summed E-state index contributed by atoms with van der Waals surface area (Å²) < 4.78 is 6.34. The van der Waals surface area contributed by atoms with Gasteiger partial charge in [0.05, 0.1) is 24.6 Å². The lowest BCUT2D eigenvalue weighted by molar-refractivity contribution is -0.119. The number of carbonyl (C=O) groups is 2. The number of benzene rings is 1. The van der Waals surface area contributed by atoms with Gasteiger partial charge in [-0.2, -0.15) is 0 Å². The maximum absolute atomic E-state index is 12.3. The summed E-state index contributed by atoms with van der Waals surface area (Å²) in [5.74, 6) is 0.00942. The van der Waals surface area contributed by atoms with E-state index >= 15 is 0 Å². The molecule has 25 heavy (non-hydrogen) atoms. The maximum Gasteiger partial charge on any atom is 0.224 e. The average molecular weight is 412 g/mol. The Morgan fingerprint density at radius 3 is 2.68 bits per heavy atom. The summed E-state index contributed by atoms with van der Waals surface area (Å²) >= 11 is 3.47. The zero-order valence-corrected chi connectivity index (χ0v) is 16.2. The molecule has 0 aromatic heterocycles. The minimum atomic E-state index is -0.0111. The topological polar surface area (TPSA) is 70.7 Å². The number of rotatable bonds is 8. The molecule has 1 aliphatic heterocycles. The van der Waals surface area contributed by atoms with Gasteiger partial charge < -0.3 is 20.3 Å². The lowest BCUT2D eigenvalue weighted by Gasteiger charge is -2.30. The lowest BCUT2D eigenvalue weighted by atomic mass is 10.1. The zero-order valence-electron chi connectivity index (χ0n) is 14.6. The quantitative estimate of drug-likeness (QED) is 0.645. The number of morpholine rings is 1. The normalized spacial score (nSPS) is 14.2. The van der Waals surface area contributed by atoms with Crippen molar-refractivity contribution in [1.29, 1.82) is 0 Å². The van der Waals surface area contributed by atoms with Gasteiger partial charge in [0.15, 0.2) is 0 Å². The number of nitrogens with zero attached hydrogens (tertiary/aromatic N) is 1. The summed E-state index contributed by atoms with van der Waals surface area (Å²) in [4.78, 5) is 25.3. The average Bonchev–Trinajstić information content (AvgIpc) is 2.58. The molecule has 1 aliphatic rings. The molecule has 1 aromatic rings. The van der Waals surface area contributed by atoms with E-state index in [4.69, 9.17) is 4.74 Å². The van der Waals surface area contributed by atoms with Crippen LogP contribution < -0.4 is 15.5 Å². The maximum atomic E-state index is 12.3. The molecule has 0 atom stereocenters. The molecule has 0 unspecified atom stereocenters. The zero-order chi connectivity index (χ0) is 18.1. The second-order valence-corrected chi connectivity index (χ2v) is 7.02. The van der Waals surface area contributed by atoms with Crippen LogP contribution in [0.1, 0.15) is 32.6 Å². The Hall–Kier alpha value is -1.60. The molecule has 1 saturated heterocycles. The SMILES string of the molecule is CC(=O)NCCCCCC(=O)Nc1cc(Br)ccc1N1CCOCC1. The summed E-state index contributed by atoms with van der Waals surface area (Å²) in [6.07, 6.45) is 3.10. The van der Waals surface area contributed by atoms with Gasteiger partial charge in [-0.3, -0.25) is 9.59 Å². The highest BCUT2D eigenvalue weighted by Gasteiger charge is 2.16. The van der Waals surface area contributed by atoms with Crippen LogP contribution in [0, 0.1) is 0 Å². The standard InChI is InChI=1S/C18H26BrN3O3/c1-14(23)20-8-4-2-3-5-18(24)21-16-13-15(19)6-7-17(16)22-9-11-25-12-10-22/h6-7,13H,2-5,8-12H2,1H3,(H,20,23)(H,21,24). The molecule has 0 saturated carbocycles. The number of hydrogen-bond donors (Lipinski definition) is 2. The monoisotopic (exact) mass is 411 g/mol. The Morgan fingerprint density at radius 2 is 1.96 bits per heavy atom. The number of ether oxygens (including phenoxy) is 1. The third-order valence-electron chi connectivity index (χ3n) is 4.04. The van der Waals surface area contributed by atoms with Crippen LogP contribution in [0.2, 0.25) is 0 Å². The lowest BCUT2D eigenvalue weighted by Crippen LogP contribution is -2.36. The first-order valence-corrected chi connectivity index (χ1v) is 9.52. The highest BCUT2D eigenvalue weighted by molar-refractivity contribution is 9.10. The summed E-state index contributed by atoms with van der Waals surface area (Å²) in [5.41, 5.74) is 1.87. The van der Waals surface area contributed by atoms with E-state index in [9.17, 15) is 9.59 Å². The molecule has 0 radical (unpaired) electrons. The number of hydrogen-bond acceptors (Lipinski definition) is 4. The van der Waals surface area contributed by atoms with E-state index in [0.717, 1.165) is 48.2 Å². The summed E-state index contributed by atoms with van der Waals surface area (Å²) in [5, 5.41) is 5.80. The van der Waals surface area contributed by atoms with E-state index in [1.54, 1.807) is 0 Å². The highest BCUT2D eigenvalue weighted by atomic mass is 79.9. The van der Waals surface area contributed by atoms with Crippen molar-refractivity contribution in [2.75, 3.05) is 43.1 Å². The number of amides is 2. The Bertz CT molecular complexity index is 589. The van der Waals surface area contributed by atoms with E-state index < -0.39 is 0 Å². The smallest absolute Gasteiger partial charge is 0.224 e. The van der Waals surface area contributed by atoms with Crippen molar-refractivity contribution in [3.8, 4) is 0 Å². The molecule has 2 N–H and O–H groups in total. The fraction of sp³-hybridized carbons (Fsp3) is 0.556. The van der Waals surface area contributed by atoms with Gasteiger partial charge in [-0.15, -0.1) is 0 Å². The first-order valence-electron chi connectivity index (χ1n) is 8.73. The summed E-state index contributed by atoms with van der Waals surface area (Å²) in [7, 11) is 0. The van der Waals surface area contributed by atoms with Crippen molar-refractivity contribution in [3.63, 3.8) is 0 Å². The Balaban J connectivity index is 1.83. The van der Waals surface area contributed by atoms with Crippen LogP contribution >= 0.6 is 15.9 Å². The van der Waals surface area contributed by atoms with Crippen LogP contribution in [-0.4, -0.2) is 44.7 Å². The number of carbonyl (C=O) groups excluding carboxylic acids is 2. The molecule has 2 amide bonds. The predicted octanol–water partition coefficient (Wildman–Crippen LogP) is 2.92. The van der Waals surface area contributed by atoms with Crippen LogP contribution in [0.25, 0.3) is 0 Å². The van der Waals surface area contributed by atoms with Gasteiger partial charge in [0, 0.05) is 37.5 Å². The van der Waals surface area contributed by atoms with Crippen LogP contribution in [0.15, 0.2) is 22.7 Å². The van der Waals surface area contributed by atoms with Gasteiger partial charge in [-0.05, 0) is 31.0 Å². The van der Waals surface area contributed by atoms with Gasteiger partial charge in [-0.1, -0.05) is 22.4 Å². The largest absolute Gasteiger partial charge is 0.378 e. The second-order valence-electron chi connectivity index (χ2n) is 6.10. The molecule has 138 valence electrons. The van der Waals surface area contributed by atoms with Crippen molar-refractivity contribution in [1.82, 2.24) is 5.32 Å². The summed E-state index contributed by atoms with van der Waals surface area (Å²) in [6, 6.07) is 5.96. The van der Waals surface area contributed by atoms with Gasteiger partial charge in [0.2, 0.25) is 11.8 Å². The van der Waals surface area contributed by atoms with Crippen LogP contribution in [-0.2, 0) is 14.3 Å². The number of unbranched alkanes of at least 4 members (excludes halogenated alkanes) is 2. The van der Waals surface area contributed by atoms with Crippen LogP contribution in [0.3, 0.4) is 0 Å². The molecule has 1 heterocycles. The minimum absolute atomic E-state index is 0.0111. The molecule has 6 nitrogen and oxygen atoms in total.